The van der Waals surface area contributed by atoms with Gasteiger partial charge in [-0.25, -0.2) is 0 Å². The summed E-state index contributed by atoms with van der Waals surface area (Å²) < 4.78 is 14.1. The number of imide groups is 1. The van der Waals surface area contributed by atoms with E-state index in [1.165, 1.54) is 10.5 Å². The van der Waals surface area contributed by atoms with Gasteiger partial charge in [-0.15, -0.1) is 0 Å². The van der Waals surface area contributed by atoms with Crippen molar-refractivity contribution in [1.29, 1.82) is 0 Å². The number of anilines is 1. The van der Waals surface area contributed by atoms with Crippen molar-refractivity contribution < 1.29 is 20.5 Å². The number of nitrogens with zero attached hydrogens (tertiary/aromatic N) is 2. The van der Waals surface area contributed by atoms with E-state index in [-0.39, 0.29) is 25.3 Å². The van der Waals surface area contributed by atoms with E-state index in [0.29, 0.717) is 12.1 Å². The molecule has 0 radical (unpaired) electrons. The first-order valence-corrected chi connectivity index (χ1v) is 11.3. The number of fused-ring (bicyclic) bond motifs is 1. The first-order valence-electron chi connectivity index (χ1n) is 11.8. The van der Waals surface area contributed by atoms with Crippen molar-refractivity contribution >= 4 is 23.4 Å². The third-order valence-electron chi connectivity index (χ3n) is 6.41. The van der Waals surface area contributed by atoms with Crippen LogP contribution in [0.4, 0.5) is 5.69 Å². The van der Waals surface area contributed by atoms with Crippen molar-refractivity contribution in [1.82, 2.24) is 15.1 Å². The minimum Gasteiger partial charge on any atom is -0.381 e. The number of amides is 3. The Kier molecular flexibility index (Phi) is 5.76. The van der Waals surface area contributed by atoms with Crippen LogP contribution >= 0.6 is 0 Å². The summed E-state index contributed by atoms with van der Waals surface area (Å²) in [7, 11) is 0. The van der Waals surface area contributed by atoms with Crippen LogP contribution in [0.5, 0.6) is 0 Å². The lowest BCUT2D eigenvalue weighted by molar-refractivity contribution is -0.136. The second-order valence-electron chi connectivity index (χ2n) is 8.61. The summed E-state index contributed by atoms with van der Waals surface area (Å²) in [5, 5.41) is 5.62. The van der Waals surface area contributed by atoms with E-state index in [2.05, 4.69) is 39.8 Å². The van der Waals surface area contributed by atoms with Crippen molar-refractivity contribution in [3.05, 3.63) is 64.7 Å². The maximum Gasteiger partial charge on any atom is 0.255 e. The fourth-order valence-corrected chi connectivity index (χ4v) is 4.56. The van der Waals surface area contributed by atoms with Gasteiger partial charge in [-0.1, -0.05) is 30.3 Å². The number of hydrogen-bond donors (Lipinski definition) is 2. The Morgan fingerprint density at radius 3 is 2.58 bits per heavy atom. The summed E-state index contributed by atoms with van der Waals surface area (Å²) in [6.45, 7) is 5.13. The third-order valence-corrected chi connectivity index (χ3v) is 6.41. The maximum atomic E-state index is 13.1. The molecule has 2 saturated heterocycles. The normalized spacial score (nSPS) is 23.8. The van der Waals surface area contributed by atoms with Crippen molar-refractivity contribution in [3.8, 4) is 0 Å². The summed E-state index contributed by atoms with van der Waals surface area (Å²) >= 11 is 0. The molecule has 33 heavy (non-hydrogen) atoms. The number of ether oxygens (including phenoxy) is 1. The van der Waals surface area contributed by atoms with Crippen LogP contribution in [-0.2, 0) is 34.0 Å². The van der Waals surface area contributed by atoms with Crippen LogP contribution in [0.25, 0.3) is 0 Å². The van der Waals surface area contributed by atoms with E-state index in [1.807, 2.05) is 6.07 Å². The molecule has 0 unspecified atom stereocenters. The second kappa shape index (κ2) is 9.33. The first kappa shape index (κ1) is 20.4. The molecule has 0 saturated carbocycles. The number of rotatable bonds is 6. The number of hydrogen-bond acceptors (Lipinski definition) is 6. The average Bonchev–Trinajstić information content (AvgIpc) is 3.20. The van der Waals surface area contributed by atoms with Gasteiger partial charge in [-0.2, -0.15) is 0 Å². The van der Waals surface area contributed by atoms with Gasteiger partial charge in [0.15, 0.2) is 0 Å². The van der Waals surface area contributed by atoms with Gasteiger partial charge in [0.1, 0.15) is 6.02 Å². The Balaban J connectivity index is 1.25. The molecule has 2 N–H and O–H groups in total. The number of carbonyl (C=O) groups excluding carboxylic acids is 3. The van der Waals surface area contributed by atoms with E-state index in [0.717, 1.165) is 49.7 Å². The van der Waals surface area contributed by atoms with Crippen LogP contribution in [0.3, 0.4) is 0 Å². The predicted molar refractivity (Wildman–Crippen MR) is 122 cm³/mol. The Morgan fingerprint density at radius 1 is 1.06 bits per heavy atom. The van der Waals surface area contributed by atoms with Crippen LogP contribution in [0.15, 0.2) is 42.5 Å². The fraction of sp³-hybridized carbons (Fsp3) is 0.400. The Labute approximate surface area is 194 Å². The van der Waals surface area contributed by atoms with Gasteiger partial charge in [0.25, 0.3) is 5.91 Å². The molecule has 3 aliphatic heterocycles. The van der Waals surface area contributed by atoms with Crippen molar-refractivity contribution in [2.45, 2.75) is 38.5 Å². The van der Waals surface area contributed by atoms with Gasteiger partial charge in [0, 0.05) is 56.0 Å². The average molecular weight is 450 g/mol. The summed E-state index contributed by atoms with van der Waals surface area (Å²) in [6, 6.07) is 12.1. The molecular formula is C25H28N4O4. The van der Waals surface area contributed by atoms with E-state index in [4.69, 9.17) is 6.11 Å². The fourth-order valence-electron chi connectivity index (χ4n) is 4.56. The molecule has 0 aliphatic carbocycles. The van der Waals surface area contributed by atoms with Gasteiger partial charge >= 0.3 is 0 Å². The molecule has 5 rings (SSSR count). The highest BCUT2D eigenvalue weighted by atomic mass is 16.5. The minimum atomic E-state index is -1.78. The second-order valence-corrected chi connectivity index (χ2v) is 8.61. The van der Waals surface area contributed by atoms with Crippen LogP contribution in [-0.4, -0.2) is 59.8 Å². The number of benzene rings is 2. The molecule has 0 spiro atoms. The highest BCUT2D eigenvalue weighted by Gasteiger charge is 2.39. The lowest BCUT2D eigenvalue weighted by atomic mass is 10.0. The van der Waals surface area contributed by atoms with Gasteiger partial charge in [-0.3, -0.25) is 24.6 Å². The minimum absolute atomic E-state index is 0.00302. The molecule has 172 valence electrons. The summed E-state index contributed by atoms with van der Waals surface area (Å²) in [5.74, 6) is -1.50. The van der Waals surface area contributed by atoms with Crippen molar-refractivity contribution in [2.75, 3.05) is 31.6 Å². The number of nitrogens with one attached hydrogen (secondary N) is 2. The third kappa shape index (κ3) is 4.62. The molecule has 3 aliphatic rings. The highest BCUT2D eigenvalue weighted by Crippen LogP contribution is 2.32. The van der Waals surface area contributed by atoms with Crippen LogP contribution < -0.4 is 10.6 Å². The molecule has 3 heterocycles. The number of carbonyl (C=O) groups is 3. The van der Waals surface area contributed by atoms with Crippen molar-refractivity contribution in [3.63, 3.8) is 0 Å². The lowest BCUT2D eigenvalue weighted by Gasteiger charge is -2.29. The SMILES string of the molecule is [2H][C@]1(N2Cc3c(NCc4ccc(CN5CCOCC5)cc4)cccc3C2=O)CCC(=O)NC1=O. The first-order chi connectivity index (χ1) is 16.4. The monoisotopic (exact) mass is 449 g/mol. The van der Waals surface area contributed by atoms with Crippen molar-refractivity contribution in [2.24, 2.45) is 0 Å². The molecule has 3 amide bonds. The standard InChI is InChI=1S/C25H28N4O4/c30-23-9-8-22(24(31)27-23)29-16-20-19(25(29)32)2-1-3-21(20)26-14-17-4-6-18(7-5-17)15-28-10-12-33-13-11-28/h1-7,22,26H,8-16H2,(H,27,30,31)/t22-/m0/s1/i22D. The van der Waals surface area contributed by atoms with Crippen LogP contribution in [0.1, 0.15) is 41.3 Å². The van der Waals surface area contributed by atoms with E-state index < -0.39 is 17.8 Å². The quantitative estimate of drug-likeness (QED) is 0.655. The molecular weight excluding hydrogens is 420 g/mol. The summed E-state index contributed by atoms with van der Waals surface area (Å²) in [6.07, 6.45) is 0.0406. The molecule has 2 aromatic carbocycles. The zero-order valence-electron chi connectivity index (χ0n) is 19.4. The van der Waals surface area contributed by atoms with E-state index in [1.54, 1.807) is 12.1 Å². The molecule has 8 heteroatoms. The largest absolute Gasteiger partial charge is 0.381 e. The zero-order chi connectivity index (χ0) is 23.7. The highest BCUT2D eigenvalue weighted by molar-refractivity contribution is 6.06. The van der Waals surface area contributed by atoms with E-state index >= 15 is 0 Å². The predicted octanol–water partition coefficient (Wildman–Crippen LogP) is 1.89. The Bertz CT molecular complexity index is 1120. The molecule has 2 fully saturated rings. The number of morpholine rings is 1. The summed E-state index contributed by atoms with van der Waals surface area (Å²) in [5.41, 5.74) is 4.45. The van der Waals surface area contributed by atoms with E-state index in [9.17, 15) is 14.4 Å². The molecule has 1 atom stereocenters. The molecule has 8 nitrogen and oxygen atoms in total. The lowest BCUT2D eigenvalue weighted by Crippen LogP contribution is -2.52. The zero-order valence-corrected chi connectivity index (χ0v) is 18.4. The van der Waals surface area contributed by atoms with Gasteiger partial charge in [-0.05, 0) is 29.7 Å². The Morgan fingerprint density at radius 2 is 1.82 bits per heavy atom. The van der Waals surface area contributed by atoms with Crippen LogP contribution in [0, 0.1) is 0 Å². The summed E-state index contributed by atoms with van der Waals surface area (Å²) in [4.78, 5) is 40.7. The Hall–Kier alpha value is -3.23. The van der Waals surface area contributed by atoms with Gasteiger partial charge < -0.3 is 15.0 Å². The smallest absolute Gasteiger partial charge is 0.255 e. The molecule has 0 aromatic heterocycles. The van der Waals surface area contributed by atoms with Gasteiger partial charge in [0.2, 0.25) is 11.8 Å². The molecule has 2 aromatic rings. The van der Waals surface area contributed by atoms with Crippen LogP contribution in [0.2, 0.25) is 0 Å². The van der Waals surface area contributed by atoms with Gasteiger partial charge in [0.05, 0.1) is 14.6 Å². The maximum absolute atomic E-state index is 13.1. The topological polar surface area (TPSA) is 91.0 Å². The molecule has 0 bridgehead atoms. The number of piperidine rings is 1.